The summed E-state index contributed by atoms with van der Waals surface area (Å²) in [4.78, 5) is 32.9. The zero-order valence-electron chi connectivity index (χ0n) is 27.5. The fourth-order valence-corrected chi connectivity index (χ4v) is 7.95. The number of nitrogens with one attached hydrogen (secondary N) is 1. The Morgan fingerprint density at radius 2 is 1.88 bits per heavy atom. The number of hydrogen-bond donors (Lipinski definition) is 2. The van der Waals surface area contributed by atoms with Gasteiger partial charge in [0.05, 0.1) is 42.7 Å². The van der Waals surface area contributed by atoms with Crippen molar-refractivity contribution < 1.29 is 36.3 Å². The van der Waals surface area contributed by atoms with Gasteiger partial charge < -0.3 is 24.8 Å². The van der Waals surface area contributed by atoms with Gasteiger partial charge in [-0.05, 0) is 37.0 Å². The van der Waals surface area contributed by atoms with Gasteiger partial charge >= 0.3 is 6.18 Å². The first-order chi connectivity index (χ1) is 23.2. The number of nitrogens with zero attached hydrogens (tertiary/aromatic N) is 7. The van der Waals surface area contributed by atoms with Gasteiger partial charge in [0.25, 0.3) is 5.91 Å². The Labute approximate surface area is 282 Å². The number of aliphatic hydroxyl groups excluding tert-OH is 1. The predicted molar refractivity (Wildman–Crippen MR) is 172 cm³/mol. The predicted octanol–water partition coefficient (Wildman–Crippen LogP) is 2.00. The van der Waals surface area contributed by atoms with Gasteiger partial charge in [0.1, 0.15) is 5.69 Å². The molecule has 2 fully saturated rings. The van der Waals surface area contributed by atoms with Crippen LogP contribution in [0.1, 0.15) is 58.6 Å². The van der Waals surface area contributed by atoms with Crippen molar-refractivity contribution in [1.82, 2.24) is 38.8 Å². The second-order valence-corrected chi connectivity index (χ2v) is 15.1. The number of sulfonamides is 1. The summed E-state index contributed by atoms with van der Waals surface area (Å²) in [5, 5.41) is 18.5. The highest BCUT2D eigenvalue weighted by Crippen LogP contribution is 2.37. The molecule has 3 aliphatic heterocycles. The Hall–Kier alpha value is -3.80. The second-order valence-electron chi connectivity index (χ2n) is 13.1. The number of aromatic nitrogens is 4. The molecule has 3 aliphatic rings. The number of benzene rings is 1. The number of likely N-dealkylation sites (tertiary alicyclic amines) is 2. The molecule has 1 unspecified atom stereocenters. The molecule has 2 saturated heterocycles. The van der Waals surface area contributed by atoms with Crippen molar-refractivity contribution in [1.29, 1.82) is 0 Å². The lowest BCUT2D eigenvalue weighted by atomic mass is 9.97. The van der Waals surface area contributed by atoms with Crippen LogP contribution in [0.15, 0.2) is 30.7 Å². The molecule has 0 radical (unpaired) electrons. The number of piperidine rings is 1. The first kappa shape index (κ1) is 35.0. The Morgan fingerprint density at radius 3 is 2.51 bits per heavy atom. The third-order valence-electron chi connectivity index (χ3n) is 9.70. The summed E-state index contributed by atoms with van der Waals surface area (Å²) in [7, 11) is -1.98. The topological polar surface area (TPSA) is 146 Å². The van der Waals surface area contributed by atoms with Crippen molar-refractivity contribution in [3.8, 4) is 11.3 Å². The second kappa shape index (κ2) is 13.8. The number of alkyl halides is 3. The Morgan fingerprint density at radius 1 is 1.12 bits per heavy atom. The maximum atomic E-state index is 14.1. The normalized spacial score (nSPS) is 19.0. The maximum absolute atomic E-state index is 14.1. The molecule has 1 aromatic carbocycles. The number of imidazole rings is 1. The largest absolute Gasteiger partial charge is 0.416 e. The minimum absolute atomic E-state index is 0.0179. The molecule has 0 saturated carbocycles. The number of rotatable bonds is 10. The summed E-state index contributed by atoms with van der Waals surface area (Å²) in [6.07, 6.45) is 1.80. The third-order valence-corrected chi connectivity index (χ3v) is 11.0. The molecular formula is C32H41F3N8O5S. The molecular weight excluding hydrogens is 665 g/mol. The van der Waals surface area contributed by atoms with Crippen LogP contribution in [0.5, 0.6) is 0 Å². The van der Waals surface area contributed by atoms with Crippen LogP contribution in [0.2, 0.25) is 0 Å². The molecule has 6 rings (SSSR count). The van der Waals surface area contributed by atoms with E-state index in [0.29, 0.717) is 41.9 Å². The van der Waals surface area contributed by atoms with Crippen LogP contribution in [0.25, 0.3) is 11.3 Å². The van der Waals surface area contributed by atoms with Crippen LogP contribution in [-0.4, -0.2) is 110 Å². The molecule has 0 aliphatic carbocycles. The number of carbonyl (C=O) groups is 2. The summed E-state index contributed by atoms with van der Waals surface area (Å²) in [6.45, 7) is 2.53. The average molecular weight is 707 g/mol. The monoisotopic (exact) mass is 706 g/mol. The fourth-order valence-electron chi connectivity index (χ4n) is 7.16. The number of aryl methyl sites for hydroxylation is 1. The highest BCUT2D eigenvalue weighted by molar-refractivity contribution is 7.88. The van der Waals surface area contributed by atoms with Crippen molar-refractivity contribution in [2.24, 2.45) is 7.05 Å². The first-order valence-corrected chi connectivity index (χ1v) is 18.2. The van der Waals surface area contributed by atoms with E-state index in [1.807, 2.05) is 4.90 Å². The van der Waals surface area contributed by atoms with Crippen LogP contribution >= 0.6 is 0 Å². The number of aliphatic hydroxyl groups is 1. The smallest absolute Gasteiger partial charge is 0.390 e. The molecule has 0 spiro atoms. The Bertz CT molecular complexity index is 1820. The van der Waals surface area contributed by atoms with E-state index in [9.17, 15) is 36.3 Å². The van der Waals surface area contributed by atoms with Gasteiger partial charge in [0.2, 0.25) is 15.9 Å². The number of fused-ring (bicyclic) bond motifs is 1. The number of carbonyl (C=O) groups excluding carboxylic acids is 2. The molecule has 13 nitrogen and oxygen atoms in total. The van der Waals surface area contributed by atoms with E-state index in [1.165, 1.54) is 33.5 Å². The van der Waals surface area contributed by atoms with Crippen molar-refractivity contribution >= 4 is 21.8 Å². The van der Waals surface area contributed by atoms with E-state index in [4.69, 9.17) is 5.10 Å². The quantitative estimate of drug-likeness (QED) is 0.326. The minimum atomic E-state index is -4.69. The Balaban J connectivity index is 1.24. The number of amides is 2. The lowest BCUT2D eigenvalue weighted by Gasteiger charge is -2.37. The summed E-state index contributed by atoms with van der Waals surface area (Å²) in [5.41, 5.74) is 1.01. The summed E-state index contributed by atoms with van der Waals surface area (Å²) in [5.74, 6) is -0.381. The average Bonchev–Trinajstić information content (AvgIpc) is 3.77. The van der Waals surface area contributed by atoms with Crippen LogP contribution < -0.4 is 5.32 Å². The standard InChI is InChI=1S/C32H41F3N8O5S/c1-39-20-36-16-28(39)31(46)37-15-22-14-21(5-6-26(22)32(33,34)35)30-25-19-41(49(2,47)48)13-9-27(25)43(38-30)18-24(44)17-40-11-7-23(8-12-40)42-10-3-4-29(42)45/h5-6,14,16,20,23-24,44H,3-4,7-13,15,17-19H2,1-2H3,(H,37,46). The lowest BCUT2D eigenvalue weighted by Crippen LogP contribution is -2.47. The van der Waals surface area contributed by atoms with Gasteiger partial charge in [0.15, 0.2) is 0 Å². The highest BCUT2D eigenvalue weighted by atomic mass is 32.2. The molecule has 2 amide bonds. The van der Waals surface area contributed by atoms with Crippen LogP contribution in [0, 0.1) is 0 Å². The zero-order valence-corrected chi connectivity index (χ0v) is 28.3. The molecule has 2 aromatic heterocycles. The summed E-state index contributed by atoms with van der Waals surface area (Å²) >= 11 is 0. The fraction of sp³-hybridized carbons (Fsp3) is 0.562. The number of β-amino-alcohol motifs (C(OH)–C–C–N with tert-alkyl or cyclic N) is 1. The van der Waals surface area contributed by atoms with Crippen molar-refractivity contribution in [3.63, 3.8) is 0 Å². The van der Waals surface area contributed by atoms with Gasteiger partial charge in [-0.2, -0.15) is 22.6 Å². The van der Waals surface area contributed by atoms with E-state index in [-0.39, 0.29) is 42.8 Å². The van der Waals surface area contributed by atoms with Crippen molar-refractivity contribution in [2.75, 3.05) is 39.0 Å². The molecule has 3 aromatic rings. The van der Waals surface area contributed by atoms with Crippen molar-refractivity contribution in [2.45, 2.75) is 70.1 Å². The van der Waals surface area contributed by atoms with Gasteiger partial charge in [-0.15, -0.1) is 0 Å². The molecule has 5 heterocycles. The lowest BCUT2D eigenvalue weighted by molar-refractivity contribution is -0.138. The van der Waals surface area contributed by atoms with Crippen LogP contribution in [0.4, 0.5) is 13.2 Å². The highest BCUT2D eigenvalue weighted by Gasteiger charge is 2.36. The van der Waals surface area contributed by atoms with E-state index in [1.54, 1.807) is 11.7 Å². The SMILES string of the molecule is Cn1cncc1C(=O)NCc1cc(-c2nn(CC(O)CN3CCC(N4CCCC4=O)CC3)c3c2CN(S(C)(=O)=O)CC3)ccc1C(F)(F)F. The van der Waals surface area contributed by atoms with Crippen LogP contribution in [0.3, 0.4) is 0 Å². The van der Waals surface area contributed by atoms with Gasteiger partial charge in [-0.1, -0.05) is 6.07 Å². The third kappa shape index (κ3) is 7.69. The van der Waals surface area contributed by atoms with Crippen LogP contribution in [-0.2, 0) is 54.1 Å². The number of hydrogen-bond acceptors (Lipinski definition) is 8. The van der Waals surface area contributed by atoms with E-state index >= 15 is 0 Å². The number of halogens is 3. The van der Waals surface area contributed by atoms with Crippen molar-refractivity contribution in [3.05, 3.63) is 58.8 Å². The molecule has 2 N–H and O–H groups in total. The maximum Gasteiger partial charge on any atom is 0.416 e. The van der Waals surface area contributed by atoms with Gasteiger partial charge in [0, 0.05) is 88.6 Å². The molecule has 17 heteroatoms. The molecule has 0 bridgehead atoms. The molecule has 49 heavy (non-hydrogen) atoms. The zero-order chi connectivity index (χ0) is 35.1. The molecule has 1 atom stereocenters. The van der Waals surface area contributed by atoms with Gasteiger partial charge in [-0.3, -0.25) is 14.3 Å². The minimum Gasteiger partial charge on any atom is -0.390 e. The molecule has 266 valence electrons. The van der Waals surface area contributed by atoms with E-state index < -0.39 is 40.3 Å². The Kier molecular flexibility index (Phi) is 9.90. The summed E-state index contributed by atoms with van der Waals surface area (Å²) < 4.78 is 71.7. The summed E-state index contributed by atoms with van der Waals surface area (Å²) in [6, 6.07) is 3.79. The first-order valence-electron chi connectivity index (χ1n) is 16.4. The van der Waals surface area contributed by atoms with E-state index in [0.717, 1.165) is 51.2 Å². The van der Waals surface area contributed by atoms with E-state index in [2.05, 4.69) is 15.2 Å². The van der Waals surface area contributed by atoms with Gasteiger partial charge in [-0.25, -0.2) is 13.4 Å².